The largest absolute Gasteiger partial charge is 0.392 e. The fourth-order valence-electron chi connectivity index (χ4n) is 1.94. The average Bonchev–Trinajstić information content (AvgIpc) is 2.21. The van der Waals surface area contributed by atoms with Gasteiger partial charge in [-0.05, 0) is 47.2 Å². The van der Waals surface area contributed by atoms with E-state index < -0.39 is 0 Å². The lowest BCUT2D eigenvalue weighted by molar-refractivity contribution is -0.0510. The van der Waals surface area contributed by atoms with E-state index in [9.17, 15) is 5.11 Å². The number of hydrogen-bond acceptors (Lipinski definition) is 2. The molecule has 1 saturated carbocycles. The highest BCUT2D eigenvalue weighted by Gasteiger charge is 2.47. The highest BCUT2D eigenvalue weighted by molar-refractivity contribution is 14.1. The third-order valence-corrected chi connectivity index (χ3v) is 4.60. The van der Waals surface area contributed by atoms with Gasteiger partial charge >= 0.3 is 0 Å². The van der Waals surface area contributed by atoms with Crippen LogP contribution in [0.4, 0.5) is 5.69 Å². The second-order valence-corrected chi connectivity index (χ2v) is 6.49. The summed E-state index contributed by atoms with van der Waals surface area (Å²) in [5.74, 6) is 0. The Morgan fingerprint density at radius 2 is 2.19 bits per heavy atom. The van der Waals surface area contributed by atoms with Crippen LogP contribution in [0.2, 0.25) is 5.02 Å². The van der Waals surface area contributed by atoms with E-state index in [0.717, 1.165) is 20.7 Å². The minimum absolute atomic E-state index is 0.0529. The van der Waals surface area contributed by atoms with Gasteiger partial charge in [-0.25, -0.2) is 0 Å². The minimum Gasteiger partial charge on any atom is -0.392 e. The van der Waals surface area contributed by atoms with E-state index in [4.69, 9.17) is 11.6 Å². The lowest BCUT2D eigenvalue weighted by atomic mass is 9.64. The third kappa shape index (κ3) is 2.17. The normalized spacial score (nSPS) is 27.3. The molecule has 88 valence electrons. The van der Waals surface area contributed by atoms with E-state index in [-0.39, 0.29) is 11.5 Å². The first-order valence-corrected chi connectivity index (χ1v) is 6.76. The van der Waals surface area contributed by atoms with Crippen LogP contribution in [0.15, 0.2) is 18.2 Å². The van der Waals surface area contributed by atoms with Gasteiger partial charge in [0, 0.05) is 25.7 Å². The molecular formula is C12H15ClINO. The molecule has 1 aromatic rings. The van der Waals surface area contributed by atoms with Crippen LogP contribution in [-0.2, 0) is 0 Å². The average molecular weight is 352 g/mol. The molecule has 1 aliphatic carbocycles. The Labute approximate surface area is 115 Å². The van der Waals surface area contributed by atoms with Crippen molar-refractivity contribution in [1.29, 1.82) is 0 Å². The molecule has 1 aliphatic rings. The maximum atomic E-state index is 9.67. The van der Waals surface area contributed by atoms with Crippen molar-refractivity contribution in [3.8, 4) is 0 Å². The predicted octanol–water partition coefficient (Wildman–Crippen LogP) is 3.52. The molecule has 2 nitrogen and oxygen atoms in total. The lowest BCUT2D eigenvalue weighted by Gasteiger charge is -2.50. The summed E-state index contributed by atoms with van der Waals surface area (Å²) in [6, 6.07) is 6.14. The SMILES string of the molecule is CC1(C)C(O)CC1Nc1ccc(Cl)cc1I. The summed E-state index contributed by atoms with van der Waals surface area (Å²) >= 11 is 8.18. The summed E-state index contributed by atoms with van der Waals surface area (Å²) in [7, 11) is 0. The van der Waals surface area contributed by atoms with Crippen molar-refractivity contribution >= 4 is 39.9 Å². The molecule has 0 bridgehead atoms. The Morgan fingerprint density at radius 1 is 1.50 bits per heavy atom. The van der Waals surface area contributed by atoms with Crippen LogP contribution in [0.5, 0.6) is 0 Å². The van der Waals surface area contributed by atoms with Crippen LogP contribution < -0.4 is 5.32 Å². The smallest absolute Gasteiger partial charge is 0.0630 e. The number of benzene rings is 1. The van der Waals surface area contributed by atoms with Gasteiger partial charge in [0.2, 0.25) is 0 Å². The van der Waals surface area contributed by atoms with E-state index in [2.05, 4.69) is 41.8 Å². The van der Waals surface area contributed by atoms with E-state index in [0.29, 0.717) is 6.04 Å². The molecule has 1 fully saturated rings. The Bertz CT molecular complexity index is 408. The summed E-state index contributed by atoms with van der Waals surface area (Å²) in [4.78, 5) is 0. The zero-order valence-corrected chi connectivity index (χ0v) is 12.2. The third-order valence-electron chi connectivity index (χ3n) is 3.48. The Hall–Kier alpha value is -0.000000000000000111. The van der Waals surface area contributed by atoms with Crippen molar-refractivity contribution in [2.24, 2.45) is 5.41 Å². The fraction of sp³-hybridized carbons (Fsp3) is 0.500. The number of aliphatic hydroxyl groups is 1. The van der Waals surface area contributed by atoms with Gasteiger partial charge < -0.3 is 10.4 Å². The van der Waals surface area contributed by atoms with Gasteiger partial charge in [0.25, 0.3) is 0 Å². The minimum atomic E-state index is -0.199. The number of anilines is 1. The molecule has 2 unspecified atom stereocenters. The maximum Gasteiger partial charge on any atom is 0.0630 e. The summed E-state index contributed by atoms with van der Waals surface area (Å²) in [6.45, 7) is 4.17. The number of halogens is 2. The summed E-state index contributed by atoms with van der Waals surface area (Å²) in [6.07, 6.45) is 0.612. The van der Waals surface area contributed by atoms with Gasteiger partial charge in [0.15, 0.2) is 0 Å². The number of nitrogens with one attached hydrogen (secondary N) is 1. The predicted molar refractivity (Wildman–Crippen MR) is 76.0 cm³/mol. The van der Waals surface area contributed by atoms with Crippen molar-refractivity contribution < 1.29 is 5.11 Å². The zero-order chi connectivity index (χ0) is 11.9. The van der Waals surface area contributed by atoms with Crippen molar-refractivity contribution in [1.82, 2.24) is 0 Å². The molecule has 16 heavy (non-hydrogen) atoms. The molecule has 2 atom stereocenters. The molecule has 0 saturated heterocycles. The number of aliphatic hydroxyl groups excluding tert-OH is 1. The molecule has 0 amide bonds. The van der Waals surface area contributed by atoms with Gasteiger partial charge in [-0.1, -0.05) is 25.4 Å². The highest BCUT2D eigenvalue weighted by atomic mass is 127. The first kappa shape index (κ1) is 12.5. The number of rotatable bonds is 2. The van der Waals surface area contributed by atoms with Crippen molar-refractivity contribution in [2.45, 2.75) is 32.4 Å². The molecule has 2 N–H and O–H groups in total. The first-order valence-electron chi connectivity index (χ1n) is 5.31. The van der Waals surface area contributed by atoms with Gasteiger partial charge in [0.1, 0.15) is 0 Å². The Balaban J connectivity index is 2.11. The van der Waals surface area contributed by atoms with Gasteiger partial charge in [-0.3, -0.25) is 0 Å². The second-order valence-electron chi connectivity index (χ2n) is 4.89. The van der Waals surface area contributed by atoms with Crippen LogP contribution in [0, 0.1) is 8.99 Å². The molecule has 2 rings (SSSR count). The second kappa shape index (κ2) is 4.35. The summed E-state index contributed by atoms with van der Waals surface area (Å²) in [5.41, 5.74) is 1.04. The van der Waals surface area contributed by atoms with E-state index in [1.165, 1.54) is 0 Å². The van der Waals surface area contributed by atoms with Crippen molar-refractivity contribution in [3.05, 3.63) is 26.8 Å². The maximum absolute atomic E-state index is 9.67. The lowest BCUT2D eigenvalue weighted by Crippen LogP contribution is -2.56. The van der Waals surface area contributed by atoms with Crippen molar-refractivity contribution in [3.63, 3.8) is 0 Å². The molecule has 0 aromatic heterocycles. The fourth-order valence-corrected chi connectivity index (χ4v) is 2.97. The molecule has 0 aliphatic heterocycles. The van der Waals surface area contributed by atoms with Crippen molar-refractivity contribution in [2.75, 3.05) is 5.32 Å². The number of hydrogen-bond donors (Lipinski definition) is 2. The van der Waals surface area contributed by atoms with Crippen LogP contribution >= 0.6 is 34.2 Å². The topological polar surface area (TPSA) is 32.3 Å². The molecule has 0 spiro atoms. The molecule has 0 radical (unpaired) electrons. The van der Waals surface area contributed by atoms with E-state index >= 15 is 0 Å². The van der Waals surface area contributed by atoms with E-state index in [1.807, 2.05) is 18.2 Å². The molecule has 0 heterocycles. The first-order chi connectivity index (χ1) is 7.41. The highest BCUT2D eigenvalue weighted by Crippen LogP contribution is 2.42. The molecule has 4 heteroatoms. The van der Waals surface area contributed by atoms with Crippen LogP contribution in [0.1, 0.15) is 20.3 Å². The zero-order valence-electron chi connectivity index (χ0n) is 9.30. The Kier molecular flexibility index (Phi) is 3.39. The van der Waals surface area contributed by atoms with Crippen LogP contribution in [0.3, 0.4) is 0 Å². The summed E-state index contributed by atoms with van der Waals surface area (Å²) in [5, 5.41) is 13.9. The monoisotopic (exact) mass is 351 g/mol. The molecule has 1 aromatic carbocycles. The standard InChI is InChI=1S/C12H15ClINO/c1-12(2)10(6-11(12)16)15-9-4-3-7(13)5-8(9)14/h3-5,10-11,15-16H,6H2,1-2H3. The van der Waals surface area contributed by atoms with Gasteiger partial charge in [-0.2, -0.15) is 0 Å². The van der Waals surface area contributed by atoms with Gasteiger partial charge in [0.05, 0.1) is 6.10 Å². The van der Waals surface area contributed by atoms with Crippen LogP contribution in [-0.4, -0.2) is 17.3 Å². The summed E-state index contributed by atoms with van der Waals surface area (Å²) < 4.78 is 1.11. The van der Waals surface area contributed by atoms with Crippen LogP contribution in [0.25, 0.3) is 0 Å². The quantitative estimate of drug-likeness (QED) is 0.799. The molecular weight excluding hydrogens is 336 g/mol. The Morgan fingerprint density at radius 3 is 2.69 bits per heavy atom. The van der Waals surface area contributed by atoms with E-state index in [1.54, 1.807) is 0 Å². The van der Waals surface area contributed by atoms with Gasteiger partial charge in [-0.15, -0.1) is 0 Å².